The summed E-state index contributed by atoms with van der Waals surface area (Å²) >= 11 is 0. The molecule has 13 heteroatoms. The molecule has 0 aromatic heterocycles. The number of sulfonamides is 1. The number of ether oxygens (including phenoxy) is 3. The lowest BCUT2D eigenvalue weighted by molar-refractivity contribution is -0.257. The number of piperidine rings is 1. The van der Waals surface area contributed by atoms with Crippen LogP contribution in [0.3, 0.4) is 0 Å². The number of hydrogen-bond acceptors (Lipinski definition) is 9. The van der Waals surface area contributed by atoms with E-state index in [2.05, 4.69) is 5.32 Å². The SMILES string of the molecule is COc1ccc(C2OCC(C)(C)[C@H](C(=O)CCCC(O)C(=O)NCC3CCN(S(=O)(=O)c4ccc(N5CCCC5=O)cc4)CC3)O2)cc1. The van der Waals surface area contributed by atoms with Gasteiger partial charge in [-0.25, -0.2) is 8.42 Å². The highest BCUT2D eigenvalue weighted by Crippen LogP contribution is 2.38. The zero-order valence-corrected chi connectivity index (χ0v) is 28.7. The predicted molar refractivity (Wildman–Crippen MR) is 178 cm³/mol. The third-order valence-electron chi connectivity index (χ3n) is 9.46. The molecule has 3 fully saturated rings. The van der Waals surface area contributed by atoms with Crippen LogP contribution in [0.2, 0.25) is 0 Å². The summed E-state index contributed by atoms with van der Waals surface area (Å²) < 4.78 is 45.1. The number of Topliss-reactive ketones (excluding diaryl/α,β-unsaturated/α-hetero) is 1. The summed E-state index contributed by atoms with van der Waals surface area (Å²) in [7, 11) is -2.09. The van der Waals surface area contributed by atoms with E-state index in [1.165, 1.54) is 4.31 Å². The molecule has 3 saturated heterocycles. The fourth-order valence-corrected chi connectivity index (χ4v) is 7.95. The van der Waals surface area contributed by atoms with Crippen LogP contribution in [-0.2, 0) is 33.9 Å². The van der Waals surface area contributed by atoms with Crippen LogP contribution < -0.4 is 15.0 Å². The van der Waals surface area contributed by atoms with Crippen LogP contribution in [0.4, 0.5) is 5.69 Å². The number of nitrogens with one attached hydrogen (secondary N) is 1. The molecule has 0 radical (unpaired) electrons. The van der Waals surface area contributed by atoms with E-state index >= 15 is 0 Å². The molecule has 262 valence electrons. The number of methoxy groups -OCH3 is 1. The molecule has 3 aliphatic rings. The van der Waals surface area contributed by atoms with Gasteiger partial charge in [0.1, 0.15) is 18.0 Å². The number of aliphatic hydroxyl groups is 1. The van der Waals surface area contributed by atoms with Crippen LogP contribution in [0.5, 0.6) is 5.75 Å². The summed E-state index contributed by atoms with van der Waals surface area (Å²) in [5.74, 6) is 0.221. The number of carbonyl (C=O) groups is 3. The number of nitrogens with zero attached hydrogens (tertiary/aromatic N) is 2. The van der Waals surface area contributed by atoms with Crippen molar-refractivity contribution in [3.63, 3.8) is 0 Å². The van der Waals surface area contributed by atoms with E-state index in [4.69, 9.17) is 14.2 Å². The average Bonchev–Trinajstić information content (AvgIpc) is 3.52. The molecule has 12 nitrogen and oxygen atoms in total. The number of anilines is 1. The Morgan fingerprint density at radius 2 is 1.75 bits per heavy atom. The van der Waals surface area contributed by atoms with Crippen LogP contribution in [0.15, 0.2) is 53.4 Å². The van der Waals surface area contributed by atoms with Crippen LogP contribution in [0, 0.1) is 11.3 Å². The molecular formula is C35H47N3O9S. The van der Waals surface area contributed by atoms with Gasteiger partial charge in [0.15, 0.2) is 12.1 Å². The van der Waals surface area contributed by atoms with Gasteiger partial charge in [0.25, 0.3) is 0 Å². The Morgan fingerprint density at radius 3 is 2.38 bits per heavy atom. The van der Waals surface area contributed by atoms with Crippen molar-refractivity contribution in [3.05, 3.63) is 54.1 Å². The molecule has 0 saturated carbocycles. The second-order valence-electron chi connectivity index (χ2n) is 13.5. The molecule has 3 atom stereocenters. The van der Waals surface area contributed by atoms with Crippen molar-refractivity contribution in [1.82, 2.24) is 9.62 Å². The normalized spacial score (nSPS) is 22.8. The van der Waals surface area contributed by atoms with Crippen molar-refractivity contribution >= 4 is 33.3 Å². The van der Waals surface area contributed by atoms with Gasteiger partial charge in [0, 0.05) is 55.7 Å². The maximum Gasteiger partial charge on any atom is 0.248 e. The first kappa shape index (κ1) is 35.9. The van der Waals surface area contributed by atoms with Gasteiger partial charge in [-0.1, -0.05) is 26.0 Å². The van der Waals surface area contributed by atoms with E-state index < -0.39 is 39.8 Å². The zero-order valence-electron chi connectivity index (χ0n) is 27.9. The van der Waals surface area contributed by atoms with Crippen LogP contribution in [-0.4, -0.2) is 87.5 Å². The third kappa shape index (κ3) is 8.43. The second-order valence-corrected chi connectivity index (χ2v) is 15.5. The number of benzene rings is 2. The molecule has 2 aromatic rings. The molecule has 3 aliphatic heterocycles. The number of rotatable bonds is 13. The van der Waals surface area contributed by atoms with Crippen molar-refractivity contribution in [2.75, 3.05) is 44.8 Å². The highest BCUT2D eigenvalue weighted by Gasteiger charge is 2.42. The molecule has 48 heavy (non-hydrogen) atoms. The van der Waals surface area contributed by atoms with Gasteiger partial charge < -0.3 is 29.5 Å². The van der Waals surface area contributed by atoms with E-state index in [0.717, 1.165) is 12.0 Å². The quantitative estimate of drug-likeness (QED) is 0.322. The second kappa shape index (κ2) is 15.5. The molecule has 2 aromatic carbocycles. The maximum atomic E-state index is 13.2. The van der Waals surface area contributed by atoms with E-state index in [9.17, 15) is 27.9 Å². The number of ketones is 1. The Morgan fingerprint density at radius 1 is 1.06 bits per heavy atom. The molecule has 0 aliphatic carbocycles. The van der Waals surface area contributed by atoms with Crippen LogP contribution in [0.25, 0.3) is 0 Å². The summed E-state index contributed by atoms with van der Waals surface area (Å²) in [6, 6.07) is 13.7. The largest absolute Gasteiger partial charge is 0.497 e. The van der Waals surface area contributed by atoms with Crippen molar-refractivity contribution in [2.24, 2.45) is 11.3 Å². The Hall–Kier alpha value is -3.36. The van der Waals surface area contributed by atoms with Gasteiger partial charge in [0.2, 0.25) is 21.8 Å². The lowest BCUT2D eigenvalue weighted by Gasteiger charge is -2.41. The van der Waals surface area contributed by atoms with E-state index in [0.29, 0.717) is 69.9 Å². The molecule has 2 unspecified atom stereocenters. The van der Waals surface area contributed by atoms with Crippen LogP contribution >= 0.6 is 0 Å². The third-order valence-corrected chi connectivity index (χ3v) is 11.4. The van der Waals surface area contributed by atoms with Crippen molar-refractivity contribution in [2.45, 2.75) is 82.2 Å². The predicted octanol–water partition coefficient (Wildman–Crippen LogP) is 3.58. The number of carbonyl (C=O) groups excluding carboxylic acids is 3. The fraction of sp³-hybridized carbons (Fsp3) is 0.571. The Kier molecular flexibility index (Phi) is 11.6. The Balaban J connectivity index is 1.02. The van der Waals surface area contributed by atoms with Gasteiger partial charge >= 0.3 is 0 Å². The first-order chi connectivity index (χ1) is 22.9. The van der Waals surface area contributed by atoms with E-state index in [1.807, 2.05) is 26.0 Å². The van der Waals surface area contributed by atoms with Gasteiger partial charge in [0.05, 0.1) is 18.6 Å². The first-order valence-electron chi connectivity index (χ1n) is 16.7. The molecule has 2 N–H and O–H groups in total. The number of hydrogen-bond donors (Lipinski definition) is 2. The molecule has 0 spiro atoms. The number of aliphatic hydroxyl groups excluding tert-OH is 1. The fourth-order valence-electron chi connectivity index (χ4n) is 6.48. The smallest absolute Gasteiger partial charge is 0.248 e. The average molecular weight is 686 g/mol. The van der Waals surface area contributed by atoms with Crippen LogP contribution in [0.1, 0.15) is 70.6 Å². The highest BCUT2D eigenvalue weighted by atomic mass is 32.2. The lowest BCUT2D eigenvalue weighted by atomic mass is 9.82. The minimum Gasteiger partial charge on any atom is -0.497 e. The topological polar surface area (TPSA) is 152 Å². The summed E-state index contributed by atoms with van der Waals surface area (Å²) in [5.41, 5.74) is 0.950. The summed E-state index contributed by atoms with van der Waals surface area (Å²) in [6.07, 6.45) is 0.424. The highest BCUT2D eigenvalue weighted by molar-refractivity contribution is 7.89. The van der Waals surface area contributed by atoms with Gasteiger partial charge in [-0.3, -0.25) is 14.4 Å². The zero-order chi connectivity index (χ0) is 34.5. The molecule has 0 bridgehead atoms. The summed E-state index contributed by atoms with van der Waals surface area (Å²) in [6.45, 7) is 5.79. The van der Waals surface area contributed by atoms with Crippen molar-refractivity contribution < 1.29 is 42.1 Å². The Labute approximate surface area is 282 Å². The van der Waals surface area contributed by atoms with Crippen molar-refractivity contribution in [3.8, 4) is 5.75 Å². The van der Waals surface area contributed by atoms with E-state index in [-0.39, 0.29) is 35.3 Å². The van der Waals surface area contributed by atoms with Crippen molar-refractivity contribution in [1.29, 1.82) is 0 Å². The lowest BCUT2D eigenvalue weighted by Crippen LogP contribution is -2.47. The molecule has 5 rings (SSSR count). The minimum absolute atomic E-state index is 0.0481. The maximum absolute atomic E-state index is 13.2. The standard InChI is InChI=1S/C35H47N3O9S/c1-35(2)23-46-34(25-9-13-27(45-3)14-10-25)47-32(35)29(39)6-4-7-30(40)33(42)36-22-24-17-20-37(21-18-24)48(43,44)28-15-11-26(12-16-28)38-19-5-8-31(38)41/h9-16,24,30,32,34,40H,4-8,17-23H2,1-3H3,(H,36,42)/t30?,32-,34?/m0/s1. The number of amides is 2. The molecular weight excluding hydrogens is 638 g/mol. The summed E-state index contributed by atoms with van der Waals surface area (Å²) in [4.78, 5) is 39.7. The van der Waals surface area contributed by atoms with Gasteiger partial charge in [-0.2, -0.15) is 4.31 Å². The monoisotopic (exact) mass is 685 g/mol. The first-order valence-corrected chi connectivity index (χ1v) is 18.1. The Bertz CT molecular complexity index is 1540. The minimum atomic E-state index is -3.68. The summed E-state index contributed by atoms with van der Waals surface area (Å²) in [5, 5.41) is 13.3. The molecule has 3 heterocycles. The van der Waals surface area contributed by atoms with E-state index in [1.54, 1.807) is 48.4 Å². The van der Waals surface area contributed by atoms with Gasteiger partial charge in [-0.05, 0) is 74.4 Å². The molecule has 2 amide bonds. The van der Waals surface area contributed by atoms with Gasteiger partial charge in [-0.15, -0.1) is 0 Å².